The van der Waals surface area contributed by atoms with Gasteiger partial charge in [0.15, 0.2) is 0 Å². The van der Waals surface area contributed by atoms with Gasteiger partial charge in [0.05, 0.1) is 19.3 Å². The van der Waals surface area contributed by atoms with E-state index in [1.165, 1.54) is 11.1 Å². The minimum Gasteiger partial charge on any atom is -0.384 e. The van der Waals surface area contributed by atoms with Crippen LogP contribution < -0.4 is 5.73 Å². The first kappa shape index (κ1) is 13.4. The first-order valence-electron chi connectivity index (χ1n) is 7.11. The van der Waals surface area contributed by atoms with Crippen LogP contribution in [-0.4, -0.2) is 19.6 Å². The van der Waals surface area contributed by atoms with Crippen molar-refractivity contribution in [1.29, 1.82) is 0 Å². The third kappa shape index (κ3) is 2.97. The molecule has 2 heterocycles. The van der Waals surface area contributed by atoms with E-state index in [1.807, 2.05) is 27.8 Å². The standard InChI is InChI=1S/C16H19N5/c1-2-15-10-19-21(16(15)17)12-14-6-4-13(5-7-14)11-20-9-3-8-18-20/h3-10H,2,11-12,17H2,1H3. The molecule has 0 fully saturated rings. The zero-order valence-corrected chi connectivity index (χ0v) is 12.1. The molecule has 0 aliphatic carbocycles. The number of anilines is 1. The zero-order valence-electron chi connectivity index (χ0n) is 12.1. The van der Waals surface area contributed by atoms with Gasteiger partial charge in [0.25, 0.3) is 0 Å². The predicted octanol–water partition coefficient (Wildman–Crippen LogP) is 2.32. The first-order valence-corrected chi connectivity index (χ1v) is 7.11. The van der Waals surface area contributed by atoms with E-state index in [9.17, 15) is 0 Å². The molecule has 3 aromatic rings. The molecule has 0 atom stereocenters. The number of benzene rings is 1. The second-order valence-corrected chi connectivity index (χ2v) is 5.09. The van der Waals surface area contributed by atoms with Crippen molar-refractivity contribution in [1.82, 2.24) is 19.6 Å². The molecule has 0 amide bonds. The summed E-state index contributed by atoms with van der Waals surface area (Å²) >= 11 is 0. The van der Waals surface area contributed by atoms with Crippen LogP contribution in [0.5, 0.6) is 0 Å². The van der Waals surface area contributed by atoms with Crippen LogP contribution in [0.2, 0.25) is 0 Å². The Morgan fingerprint density at radius 1 is 1.05 bits per heavy atom. The molecule has 0 aliphatic rings. The molecule has 5 heteroatoms. The van der Waals surface area contributed by atoms with Gasteiger partial charge in [-0.2, -0.15) is 10.2 Å². The second-order valence-electron chi connectivity index (χ2n) is 5.09. The summed E-state index contributed by atoms with van der Waals surface area (Å²) in [6.07, 6.45) is 6.51. The van der Waals surface area contributed by atoms with E-state index in [0.29, 0.717) is 6.54 Å². The SMILES string of the molecule is CCc1cnn(Cc2ccc(Cn3cccn3)cc2)c1N. The van der Waals surface area contributed by atoms with Crippen molar-refractivity contribution in [3.05, 3.63) is 65.6 Å². The molecular formula is C16H19N5. The van der Waals surface area contributed by atoms with Gasteiger partial charge in [-0.15, -0.1) is 0 Å². The summed E-state index contributed by atoms with van der Waals surface area (Å²) in [5, 5.41) is 8.55. The fraction of sp³-hybridized carbons (Fsp3) is 0.250. The molecule has 5 nitrogen and oxygen atoms in total. The summed E-state index contributed by atoms with van der Waals surface area (Å²) in [6, 6.07) is 10.4. The molecule has 1 aromatic carbocycles. The van der Waals surface area contributed by atoms with Crippen LogP contribution in [0, 0.1) is 0 Å². The van der Waals surface area contributed by atoms with Crippen molar-refractivity contribution in [2.45, 2.75) is 26.4 Å². The number of nitrogens with two attached hydrogens (primary N) is 1. The fourth-order valence-corrected chi connectivity index (χ4v) is 2.34. The van der Waals surface area contributed by atoms with Crippen LogP contribution in [-0.2, 0) is 19.5 Å². The lowest BCUT2D eigenvalue weighted by Gasteiger charge is -2.07. The van der Waals surface area contributed by atoms with Crippen LogP contribution in [0.25, 0.3) is 0 Å². The maximum Gasteiger partial charge on any atom is 0.125 e. The lowest BCUT2D eigenvalue weighted by molar-refractivity contribution is 0.682. The number of aromatic nitrogens is 4. The smallest absolute Gasteiger partial charge is 0.125 e. The molecule has 3 rings (SSSR count). The van der Waals surface area contributed by atoms with Crippen LogP contribution in [0.1, 0.15) is 23.6 Å². The first-order chi connectivity index (χ1) is 10.3. The van der Waals surface area contributed by atoms with Crippen molar-refractivity contribution in [3.8, 4) is 0 Å². The second kappa shape index (κ2) is 5.83. The quantitative estimate of drug-likeness (QED) is 0.780. The van der Waals surface area contributed by atoms with E-state index in [1.54, 1.807) is 6.20 Å². The van der Waals surface area contributed by atoms with Crippen LogP contribution >= 0.6 is 0 Å². The van der Waals surface area contributed by atoms with E-state index in [2.05, 4.69) is 41.4 Å². The minimum atomic E-state index is 0.702. The van der Waals surface area contributed by atoms with Gasteiger partial charge >= 0.3 is 0 Å². The van der Waals surface area contributed by atoms with Crippen LogP contribution in [0.15, 0.2) is 48.9 Å². The summed E-state index contributed by atoms with van der Waals surface area (Å²) in [4.78, 5) is 0. The zero-order chi connectivity index (χ0) is 14.7. The Morgan fingerprint density at radius 3 is 2.33 bits per heavy atom. The third-order valence-electron chi connectivity index (χ3n) is 3.60. The maximum atomic E-state index is 6.07. The van der Waals surface area contributed by atoms with Gasteiger partial charge in [-0.25, -0.2) is 4.68 Å². The minimum absolute atomic E-state index is 0.702. The van der Waals surface area contributed by atoms with Crippen molar-refractivity contribution < 1.29 is 0 Å². The number of hydrogen-bond donors (Lipinski definition) is 1. The molecule has 108 valence electrons. The average molecular weight is 281 g/mol. The van der Waals surface area contributed by atoms with Gasteiger partial charge in [0.1, 0.15) is 5.82 Å². The highest BCUT2D eigenvalue weighted by atomic mass is 15.3. The summed E-state index contributed by atoms with van der Waals surface area (Å²) < 4.78 is 3.76. The molecule has 0 saturated heterocycles. The molecule has 0 radical (unpaired) electrons. The largest absolute Gasteiger partial charge is 0.384 e. The normalized spacial score (nSPS) is 10.9. The highest BCUT2D eigenvalue weighted by Gasteiger charge is 2.06. The van der Waals surface area contributed by atoms with Crippen molar-refractivity contribution in [3.63, 3.8) is 0 Å². The van der Waals surface area contributed by atoms with Gasteiger partial charge in [-0.1, -0.05) is 31.2 Å². The number of hydrogen-bond acceptors (Lipinski definition) is 3. The Balaban J connectivity index is 1.70. The molecule has 0 unspecified atom stereocenters. The molecule has 21 heavy (non-hydrogen) atoms. The molecule has 0 aliphatic heterocycles. The molecule has 2 aromatic heterocycles. The van der Waals surface area contributed by atoms with Gasteiger partial charge in [0.2, 0.25) is 0 Å². The van der Waals surface area contributed by atoms with Gasteiger partial charge in [-0.05, 0) is 23.6 Å². The van der Waals surface area contributed by atoms with E-state index < -0.39 is 0 Å². The van der Waals surface area contributed by atoms with Gasteiger partial charge in [0, 0.05) is 18.0 Å². The van der Waals surface area contributed by atoms with Crippen molar-refractivity contribution in [2.75, 3.05) is 5.73 Å². The number of nitrogens with zero attached hydrogens (tertiary/aromatic N) is 4. The predicted molar refractivity (Wildman–Crippen MR) is 82.9 cm³/mol. The monoisotopic (exact) mass is 281 g/mol. The fourth-order valence-electron chi connectivity index (χ4n) is 2.34. The van der Waals surface area contributed by atoms with Crippen LogP contribution in [0.4, 0.5) is 5.82 Å². The maximum absolute atomic E-state index is 6.07. The number of nitrogen functional groups attached to an aromatic ring is 1. The molecule has 0 spiro atoms. The highest BCUT2D eigenvalue weighted by molar-refractivity contribution is 5.39. The highest BCUT2D eigenvalue weighted by Crippen LogP contribution is 2.14. The van der Waals surface area contributed by atoms with Gasteiger partial charge in [-0.3, -0.25) is 4.68 Å². The summed E-state index contributed by atoms with van der Waals surface area (Å²) in [6.45, 7) is 3.58. The Bertz CT molecular complexity index is 695. The summed E-state index contributed by atoms with van der Waals surface area (Å²) in [7, 11) is 0. The van der Waals surface area contributed by atoms with E-state index in [4.69, 9.17) is 5.73 Å². The Labute approximate surface area is 124 Å². The van der Waals surface area contributed by atoms with Crippen molar-refractivity contribution in [2.24, 2.45) is 0 Å². The van der Waals surface area contributed by atoms with E-state index >= 15 is 0 Å². The average Bonchev–Trinajstić information content (AvgIpc) is 3.12. The summed E-state index contributed by atoms with van der Waals surface area (Å²) in [5.74, 6) is 0.762. The summed E-state index contributed by atoms with van der Waals surface area (Å²) in [5.41, 5.74) is 9.59. The Kier molecular flexibility index (Phi) is 3.73. The third-order valence-corrected chi connectivity index (χ3v) is 3.60. The molecule has 0 bridgehead atoms. The molecule has 0 saturated carbocycles. The van der Waals surface area contributed by atoms with Crippen molar-refractivity contribution >= 4 is 5.82 Å². The lowest BCUT2D eigenvalue weighted by atomic mass is 10.1. The number of aryl methyl sites for hydroxylation is 1. The van der Waals surface area contributed by atoms with Crippen LogP contribution in [0.3, 0.4) is 0 Å². The Morgan fingerprint density at radius 2 is 1.76 bits per heavy atom. The molecular weight excluding hydrogens is 262 g/mol. The lowest BCUT2D eigenvalue weighted by Crippen LogP contribution is -2.07. The topological polar surface area (TPSA) is 61.7 Å². The van der Waals surface area contributed by atoms with Gasteiger partial charge < -0.3 is 5.73 Å². The molecule has 2 N–H and O–H groups in total. The van der Waals surface area contributed by atoms with E-state index in [-0.39, 0.29) is 0 Å². The van der Waals surface area contributed by atoms with E-state index in [0.717, 1.165) is 24.3 Å². The number of rotatable bonds is 5. The Hall–Kier alpha value is -2.56.